The molecular formula is C10H9ClO4. The fourth-order valence-corrected chi connectivity index (χ4v) is 1.65. The number of benzene rings is 1. The van der Waals surface area contributed by atoms with E-state index >= 15 is 0 Å². The van der Waals surface area contributed by atoms with E-state index in [1.165, 1.54) is 0 Å². The first-order chi connectivity index (χ1) is 7.09. The predicted octanol–water partition coefficient (Wildman–Crippen LogP) is 2.26. The fraction of sp³-hybridized carbons (Fsp3) is 0.300. The molecule has 1 unspecified atom stereocenters. The normalized spacial score (nSPS) is 15.1. The van der Waals surface area contributed by atoms with Crippen molar-refractivity contribution in [1.29, 1.82) is 0 Å². The van der Waals surface area contributed by atoms with Crippen molar-refractivity contribution < 1.29 is 19.4 Å². The van der Waals surface area contributed by atoms with E-state index in [9.17, 15) is 4.79 Å². The molecule has 0 amide bonds. The van der Waals surface area contributed by atoms with E-state index in [2.05, 4.69) is 0 Å². The van der Waals surface area contributed by atoms with Crippen molar-refractivity contribution in [3.63, 3.8) is 0 Å². The van der Waals surface area contributed by atoms with Gasteiger partial charge in [0.05, 0.1) is 10.9 Å². The molecular weight excluding hydrogens is 220 g/mol. The van der Waals surface area contributed by atoms with Crippen LogP contribution in [-0.2, 0) is 4.79 Å². The van der Waals surface area contributed by atoms with E-state index < -0.39 is 11.9 Å². The summed E-state index contributed by atoms with van der Waals surface area (Å²) in [5, 5.41) is 9.24. The van der Waals surface area contributed by atoms with E-state index in [0.29, 0.717) is 22.1 Å². The van der Waals surface area contributed by atoms with Gasteiger partial charge < -0.3 is 14.6 Å². The van der Waals surface area contributed by atoms with Crippen LogP contribution in [0.5, 0.6) is 11.5 Å². The summed E-state index contributed by atoms with van der Waals surface area (Å²) in [7, 11) is 0. The lowest BCUT2D eigenvalue weighted by atomic mass is 10.0. The maximum atomic E-state index is 10.8. The van der Waals surface area contributed by atoms with Gasteiger partial charge >= 0.3 is 5.97 Å². The number of rotatable bonds is 2. The minimum Gasteiger partial charge on any atom is -0.481 e. The van der Waals surface area contributed by atoms with Gasteiger partial charge in [0.1, 0.15) is 0 Å². The van der Waals surface area contributed by atoms with Crippen LogP contribution in [0.1, 0.15) is 18.4 Å². The van der Waals surface area contributed by atoms with Gasteiger partial charge in [-0.05, 0) is 24.6 Å². The van der Waals surface area contributed by atoms with Crippen LogP contribution >= 0.6 is 11.6 Å². The molecule has 0 saturated carbocycles. The zero-order valence-electron chi connectivity index (χ0n) is 7.99. The van der Waals surface area contributed by atoms with Crippen LogP contribution in [0.2, 0.25) is 5.02 Å². The first-order valence-corrected chi connectivity index (χ1v) is 4.79. The molecule has 2 rings (SSSR count). The Kier molecular flexibility index (Phi) is 2.44. The number of carboxylic acid groups (broad SMARTS) is 1. The number of hydrogen-bond donors (Lipinski definition) is 1. The Labute approximate surface area is 91.4 Å². The highest BCUT2D eigenvalue weighted by Gasteiger charge is 2.22. The van der Waals surface area contributed by atoms with Crippen molar-refractivity contribution in [2.24, 2.45) is 0 Å². The molecule has 80 valence electrons. The highest BCUT2D eigenvalue weighted by atomic mass is 35.5. The van der Waals surface area contributed by atoms with Gasteiger partial charge in [0.2, 0.25) is 6.79 Å². The molecule has 1 N–H and O–H groups in total. The van der Waals surface area contributed by atoms with Gasteiger partial charge in [0.15, 0.2) is 11.5 Å². The van der Waals surface area contributed by atoms with Gasteiger partial charge in [0, 0.05) is 0 Å². The van der Waals surface area contributed by atoms with Crippen molar-refractivity contribution in [1.82, 2.24) is 0 Å². The van der Waals surface area contributed by atoms with Gasteiger partial charge in [-0.2, -0.15) is 0 Å². The van der Waals surface area contributed by atoms with E-state index in [0.717, 1.165) is 0 Å². The Bertz CT molecular complexity index is 416. The Balaban J connectivity index is 2.43. The first-order valence-electron chi connectivity index (χ1n) is 4.41. The van der Waals surface area contributed by atoms with Crippen LogP contribution in [0.4, 0.5) is 0 Å². The molecule has 15 heavy (non-hydrogen) atoms. The second-order valence-corrected chi connectivity index (χ2v) is 3.70. The lowest BCUT2D eigenvalue weighted by Gasteiger charge is -2.08. The Morgan fingerprint density at radius 3 is 2.93 bits per heavy atom. The first kappa shape index (κ1) is 10.1. The van der Waals surface area contributed by atoms with Crippen molar-refractivity contribution >= 4 is 17.6 Å². The number of fused-ring (bicyclic) bond motifs is 1. The standard InChI is InChI=1S/C10H9ClO4/c1-5(10(12)13)6-2-7(11)9-8(3-6)14-4-15-9/h2-3,5H,4H2,1H3,(H,12,13). The van der Waals surface area contributed by atoms with Crippen molar-refractivity contribution in [2.75, 3.05) is 6.79 Å². The fourth-order valence-electron chi connectivity index (χ4n) is 1.38. The molecule has 1 aliphatic rings. The molecule has 0 aliphatic carbocycles. The average Bonchev–Trinajstić information content (AvgIpc) is 2.64. The summed E-state index contributed by atoms with van der Waals surface area (Å²) in [5.74, 6) is -0.523. The average molecular weight is 229 g/mol. The number of ether oxygens (including phenoxy) is 2. The van der Waals surface area contributed by atoms with E-state index in [1.54, 1.807) is 19.1 Å². The molecule has 0 saturated heterocycles. The van der Waals surface area contributed by atoms with Crippen LogP contribution in [0.3, 0.4) is 0 Å². The van der Waals surface area contributed by atoms with Gasteiger partial charge in [-0.3, -0.25) is 4.79 Å². The second-order valence-electron chi connectivity index (χ2n) is 3.30. The molecule has 5 heteroatoms. The van der Waals surface area contributed by atoms with Crippen LogP contribution in [0.25, 0.3) is 0 Å². The lowest BCUT2D eigenvalue weighted by molar-refractivity contribution is -0.138. The highest BCUT2D eigenvalue weighted by molar-refractivity contribution is 6.32. The summed E-state index contributed by atoms with van der Waals surface area (Å²) < 4.78 is 10.3. The summed E-state index contributed by atoms with van der Waals surface area (Å²) >= 11 is 5.93. The smallest absolute Gasteiger partial charge is 0.310 e. The minimum absolute atomic E-state index is 0.125. The SMILES string of the molecule is CC(C(=O)O)c1cc(Cl)c2c(c1)OCO2. The van der Waals surface area contributed by atoms with E-state index in [-0.39, 0.29) is 6.79 Å². The summed E-state index contributed by atoms with van der Waals surface area (Å²) in [6.45, 7) is 1.72. The zero-order chi connectivity index (χ0) is 11.0. The van der Waals surface area contributed by atoms with Crippen molar-refractivity contribution in [2.45, 2.75) is 12.8 Å². The molecule has 4 nitrogen and oxygen atoms in total. The summed E-state index contributed by atoms with van der Waals surface area (Å²) in [6.07, 6.45) is 0. The molecule has 0 radical (unpaired) electrons. The second kappa shape index (κ2) is 3.62. The molecule has 1 atom stereocenters. The van der Waals surface area contributed by atoms with Crippen LogP contribution < -0.4 is 9.47 Å². The monoisotopic (exact) mass is 228 g/mol. The molecule has 0 bridgehead atoms. The highest BCUT2D eigenvalue weighted by Crippen LogP contribution is 2.41. The van der Waals surface area contributed by atoms with Crippen LogP contribution in [0.15, 0.2) is 12.1 Å². The quantitative estimate of drug-likeness (QED) is 0.844. The minimum atomic E-state index is -0.898. The third-order valence-electron chi connectivity index (χ3n) is 2.32. The molecule has 0 spiro atoms. The Hall–Kier alpha value is -1.42. The van der Waals surface area contributed by atoms with Crippen LogP contribution in [0, 0.1) is 0 Å². The van der Waals surface area contributed by atoms with Crippen molar-refractivity contribution in [3.8, 4) is 11.5 Å². The lowest BCUT2D eigenvalue weighted by Crippen LogP contribution is -2.07. The Morgan fingerprint density at radius 2 is 2.27 bits per heavy atom. The topological polar surface area (TPSA) is 55.8 Å². The molecule has 0 aromatic heterocycles. The van der Waals surface area contributed by atoms with Gasteiger partial charge in [-0.25, -0.2) is 0 Å². The summed E-state index contributed by atoms with van der Waals surface area (Å²) in [5.41, 5.74) is 0.608. The molecule has 1 heterocycles. The Morgan fingerprint density at radius 1 is 1.53 bits per heavy atom. The van der Waals surface area contributed by atoms with Gasteiger partial charge in [-0.1, -0.05) is 11.6 Å². The maximum absolute atomic E-state index is 10.8. The number of aliphatic carboxylic acids is 1. The number of carboxylic acids is 1. The number of hydrogen-bond acceptors (Lipinski definition) is 3. The predicted molar refractivity (Wildman–Crippen MR) is 53.6 cm³/mol. The number of carbonyl (C=O) groups is 1. The third-order valence-corrected chi connectivity index (χ3v) is 2.60. The van der Waals surface area contributed by atoms with E-state index in [4.69, 9.17) is 26.2 Å². The molecule has 1 aromatic rings. The third kappa shape index (κ3) is 1.72. The largest absolute Gasteiger partial charge is 0.481 e. The molecule has 0 fully saturated rings. The van der Waals surface area contributed by atoms with Crippen LogP contribution in [-0.4, -0.2) is 17.9 Å². The van der Waals surface area contributed by atoms with Gasteiger partial charge in [0.25, 0.3) is 0 Å². The van der Waals surface area contributed by atoms with Gasteiger partial charge in [-0.15, -0.1) is 0 Å². The summed E-state index contributed by atoms with van der Waals surface area (Å²) in [4.78, 5) is 10.8. The van der Waals surface area contributed by atoms with Crippen molar-refractivity contribution in [3.05, 3.63) is 22.7 Å². The maximum Gasteiger partial charge on any atom is 0.310 e. The zero-order valence-corrected chi connectivity index (χ0v) is 8.75. The van der Waals surface area contributed by atoms with E-state index in [1.807, 2.05) is 0 Å². The molecule has 1 aliphatic heterocycles. The molecule has 1 aromatic carbocycles. The summed E-state index contributed by atoms with van der Waals surface area (Å²) in [6, 6.07) is 3.24. The number of halogens is 1.